The lowest BCUT2D eigenvalue weighted by Crippen LogP contribution is -2.39. The minimum atomic E-state index is -0.164. The number of morpholine rings is 1. The molecule has 0 aliphatic carbocycles. The second-order valence-corrected chi connectivity index (χ2v) is 6.67. The van der Waals surface area contributed by atoms with Gasteiger partial charge < -0.3 is 20.1 Å². The fraction of sp³-hybridized carbons (Fsp3) is 0.429. The molecule has 0 unspecified atom stereocenters. The van der Waals surface area contributed by atoms with Crippen molar-refractivity contribution in [3.05, 3.63) is 53.9 Å². The minimum Gasteiger partial charge on any atom is -0.497 e. The number of rotatable bonds is 9. The molecule has 0 spiro atoms. The quantitative estimate of drug-likeness (QED) is 0.687. The monoisotopic (exact) mass is 384 g/mol. The summed E-state index contributed by atoms with van der Waals surface area (Å²) in [4.78, 5) is 18.9. The fourth-order valence-corrected chi connectivity index (χ4v) is 3.05. The molecule has 0 saturated carbocycles. The molecule has 1 aliphatic rings. The SMILES string of the molecule is COc1cccc(CCNC(=O)c2ccc(NCCN3CCOCC3)cn2)c1. The van der Waals surface area contributed by atoms with Gasteiger partial charge in [-0.1, -0.05) is 12.1 Å². The summed E-state index contributed by atoms with van der Waals surface area (Å²) in [5.41, 5.74) is 2.46. The van der Waals surface area contributed by atoms with Crippen LogP contribution in [0.25, 0.3) is 0 Å². The maximum Gasteiger partial charge on any atom is 0.269 e. The lowest BCUT2D eigenvalue weighted by atomic mass is 10.1. The summed E-state index contributed by atoms with van der Waals surface area (Å²) in [7, 11) is 1.65. The molecule has 0 atom stereocenters. The standard InChI is InChI=1S/C21H28N4O3/c1-27-19-4-2-3-17(15-19)7-8-23-21(26)20-6-5-18(16-24-20)22-9-10-25-11-13-28-14-12-25/h2-6,15-16,22H,7-14H2,1H3,(H,23,26). The average molecular weight is 384 g/mol. The maximum absolute atomic E-state index is 12.3. The van der Waals surface area contributed by atoms with Crippen molar-refractivity contribution in [1.82, 2.24) is 15.2 Å². The molecule has 0 bridgehead atoms. The van der Waals surface area contributed by atoms with Crippen molar-refractivity contribution < 1.29 is 14.3 Å². The van der Waals surface area contributed by atoms with Crippen LogP contribution in [0.1, 0.15) is 16.1 Å². The lowest BCUT2D eigenvalue weighted by Gasteiger charge is -2.26. The number of ether oxygens (including phenoxy) is 2. The highest BCUT2D eigenvalue weighted by Gasteiger charge is 2.10. The van der Waals surface area contributed by atoms with Crippen LogP contribution in [0.5, 0.6) is 5.75 Å². The van der Waals surface area contributed by atoms with Crippen molar-refractivity contribution >= 4 is 11.6 Å². The molecule has 2 heterocycles. The van der Waals surface area contributed by atoms with Crippen LogP contribution in [0.3, 0.4) is 0 Å². The van der Waals surface area contributed by atoms with Gasteiger partial charge in [0, 0.05) is 32.7 Å². The zero-order valence-corrected chi connectivity index (χ0v) is 16.3. The van der Waals surface area contributed by atoms with Gasteiger partial charge in [0.05, 0.1) is 32.2 Å². The van der Waals surface area contributed by atoms with Gasteiger partial charge in [0.15, 0.2) is 0 Å². The third kappa shape index (κ3) is 6.21. The van der Waals surface area contributed by atoms with Gasteiger partial charge in [-0.05, 0) is 36.2 Å². The highest BCUT2D eigenvalue weighted by atomic mass is 16.5. The van der Waals surface area contributed by atoms with Gasteiger partial charge in [-0.2, -0.15) is 0 Å². The largest absolute Gasteiger partial charge is 0.497 e. The van der Waals surface area contributed by atoms with Crippen LogP contribution in [0, 0.1) is 0 Å². The molecular formula is C21H28N4O3. The summed E-state index contributed by atoms with van der Waals surface area (Å²) < 4.78 is 10.6. The van der Waals surface area contributed by atoms with Crippen molar-refractivity contribution in [2.45, 2.75) is 6.42 Å². The predicted octanol–water partition coefficient (Wildman–Crippen LogP) is 1.81. The summed E-state index contributed by atoms with van der Waals surface area (Å²) in [5, 5.41) is 6.25. The second-order valence-electron chi connectivity index (χ2n) is 6.67. The number of pyridine rings is 1. The van der Waals surface area contributed by atoms with Crippen LogP contribution in [0.4, 0.5) is 5.69 Å². The molecule has 1 aromatic carbocycles. The van der Waals surface area contributed by atoms with Crippen molar-refractivity contribution in [1.29, 1.82) is 0 Å². The van der Waals surface area contributed by atoms with E-state index in [1.165, 1.54) is 0 Å². The molecule has 1 saturated heterocycles. The molecule has 7 heteroatoms. The van der Waals surface area contributed by atoms with Crippen LogP contribution in [-0.2, 0) is 11.2 Å². The van der Waals surface area contributed by atoms with E-state index in [1.54, 1.807) is 19.4 Å². The molecule has 1 aromatic heterocycles. The first-order valence-corrected chi connectivity index (χ1v) is 9.66. The van der Waals surface area contributed by atoms with Crippen molar-refractivity contribution in [3.63, 3.8) is 0 Å². The normalized spacial score (nSPS) is 14.5. The molecule has 0 radical (unpaired) electrons. The number of anilines is 1. The van der Waals surface area contributed by atoms with Gasteiger partial charge >= 0.3 is 0 Å². The average Bonchev–Trinajstić information content (AvgIpc) is 2.75. The topological polar surface area (TPSA) is 75.7 Å². The Bertz CT molecular complexity index is 746. The highest BCUT2D eigenvalue weighted by molar-refractivity contribution is 5.92. The van der Waals surface area contributed by atoms with Crippen LogP contribution < -0.4 is 15.4 Å². The van der Waals surface area contributed by atoms with Crippen molar-refractivity contribution in [2.24, 2.45) is 0 Å². The van der Waals surface area contributed by atoms with E-state index < -0.39 is 0 Å². The van der Waals surface area contributed by atoms with Crippen LogP contribution in [-0.4, -0.2) is 68.8 Å². The molecule has 2 N–H and O–H groups in total. The van der Waals surface area contributed by atoms with E-state index in [4.69, 9.17) is 9.47 Å². The van der Waals surface area contributed by atoms with Crippen LogP contribution in [0.2, 0.25) is 0 Å². The Morgan fingerprint density at radius 1 is 1.21 bits per heavy atom. The Balaban J connectivity index is 1.39. The first-order valence-electron chi connectivity index (χ1n) is 9.66. The summed E-state index contributed by atoms with van der Waals surface area (Å²) in [6.07, 6.45) is 2.44. The number of hydrogen-bond acceptors (Lipinski definition) is 6. The van der Waals surface area contributed by atoms with Gasteiger partial charge in [-0.15, -0.1) is 0 Å². The first kappa shape index (κ1) is 20.1. The molecule has 1 fully saturated rings. The Morgan fingerprint density at radius 3 is 2.82 bits per heavy atom. The van der Waals surface area contributed by atoms with Crippen LogP contribution in [0.15, 0.2) is 42.6 Å². The number of aromatic nitrogens is 1. The highest BCUT2D eigenvalue weighted by Crippen LogP contribution is 2.12. The van der Waals surface area contributed by atoms with E-state index in [9.17, 15) is 4.79 Å². The number of nitrogens with one attached hydrogen (secondary N) is 2. The summed E-state index contributed by atoms with van der Waals surface area (Å²) in [6.45, 7) is 5.94. The van der Waals surface area contributed by atoms with Crippen molar-refractivity contribution in [3.8, 4) is 5.75 Å². The zero-order chi connectivity index (χ0) is 19.6. The first-order chi connectivity index (χ1) is 13.7. The van der Waals surface area contributed by atoms with E-state index in [0.717, 1.165) is 62.8 Å². The van der Waals surface area contributed by atoms with Gasteiger partial charge in [0.1, 0.15) is 11.4 Å². The Labute approximate surface area is 166 Å². The molecule has 1 aliphatic heterocycles. The number of methoxy groups -OCH3 is 1. The minimum absolute atomic E-state index is 0.164. The smallest absolute Gasteiger partial charge is 0.269 e. The third-order valence-electron chi connectivity index (χ3n) is 4.69. The van der Waals surface area contributed by atoms with E-state index >= 15 is 0 Å². The lowest BCUT2D eigenvalue weighted by molar-refractivity contribution is 0.0398. The zero-order valence-electron chi connectivity index (χ0n) is 16.3. The van der Waals surface area contributed by atoms with E-state index in [2.05, 4.69) is 20.5 Å². The summed E-state index contributed by atoms with van der Waals surface area (Å²) in [6, 6.07) is 11.5. The molecule has 28 heavy (non-hydrogen) atoms. The van der Waals surface area contributed by atoms with E-state index in [0.29, 0.717) is 12.2 Å². The number of benzene rings is 1. The predicted molar refractivity (Wildman–Crippen MR) is 109 cm³/mol. The molecule has 3 rings (SSSR count). The molecular weight excluding hydrogens is 356 g/mol. The number of nitrogens with zero attached hydrogens (tertiary/aromatic N) is 2. The molecule has 150 valence electrons. The van der Waals surface area contributed by atoms with Gasteiger partial charge in [-0.25, -0.2) is 4.98 Å². The number of carbonyl (C=O) groups is 1. The van der Waals surface area contributed by atoms with Gasteiger partial charge in [0.25, 0.3) is 5.91 Å². The van der Waals surface area contributed by atoms with Crippen LogP contribution >= 0.6 is 0 Å². The summed E-state index contributed by atoms with van der Waals surface area (Å²) in [5.74, 6) is 0.657. The second kappa shape index (κ2) is 10.6. The fourth-order valence-electron chi connectivity index (χ4n) is 3.05. The maximum atomic E-state index is 12.3. The number of amides is 1. The van der Waals surface area contributed by atoms with E-state index in [-0.39, 0.29) is 5.91 Å². The Kier molecular flexibility index (Phi) is 7.63. The summed E-state index contributed by atoms with van der Waals surface area (Å²) >= 11 is 0. The molecule has 2 aromatic rings. The van der Waals surface area contributed by atoms with Crippen molar-refractivity contribution in [2.75, 3.05) is 58.4 Å². The Hall–Kier alpha value is -2.64. The third-order valence-corrected chi connectivity index (χ3v) is 4.69. The van der Waals surface area contributed by atoms with Gasteiger partial charge in [-0.3, -0.25) is 9.69 Å². The number of carbonyl (C=O) groups excluding carboxylic acids is 1. The molecule has 1 amide bonds. The number of hydrogen-bond donors (Lipinski definition) is 2. The van der Waals surface area contributed by atoms with E-state index in [1.807, 2.05) is 30.3 Å². The molecule has 7 nitrogen and oxygen atoms in total. The van der Waals surface area contributed by atoms with Gasteiger partial charge in [0.2, 0.25) is 0 Å². The Morgan fingerprint density at radius 2 is 2.07 bits per heavy atom.